The first-order valence-corrected chi connectivity index (χ1v) is 11.7. The van der Waals surface area contributed by atoms with E-state index >= 15 is 0 Å². The lowest BCUT2D eigenvalue weighted by Gasteiger charge is -2.11. The monoisotopic (exact) mass is 460 g/mol. The van der Waals surface area contributed by atoms with Gasteiger partial charge in [0, 0.05) is 22.9 Å². The van der Waals surface area contributed by atoms with Crippen LogP contribution in [0.4, 0.5) is 20.2 Å². The van der Waals surface area contributed by atoms with Crippen LogP contribution in [0.25, 0.3) is 22.2 Å². The van der Waals surface area contributed by atoms with Crippen molar-refractivity contribution in [1.29, 1.82) is 0 Å². The molecule has 0 spiro atoms. The number of nitrogens with zero attached hydrogens (tertiary/aromatic N) is 1. The van der Waals surface area contributed by atoms with Crippen molar-refractivity contribution in [1.82, 2.24) is 9.97 Å². The van der Waals surface area contributed by atoms with E-state index in [1.807, 2.05) is 29.9 Å². The molecule has 0 aliphatic heterocycles. The predicted octanol–water partition coefficient (Wildman–Crippen LogP) is 5.31. The number of aromatic nitrogens is 2. The Bertz CT molecular complexity index is 1270. The fraction of sp³-hybridized carbons (Fsp3) is 0.143. The number of nitrogens with one attached hydrogen (secondary N) is 3. The molecule has 1 unspecified atom stereocenters. The molecule has 3 N–H and O–H groups in total. The van der Waals surface area contributed by atoms with Gasteiger partial charge in [-0.3, -0.25) is 4.79 Å². The highest BCUT2D eigenvalue weighted by atomic mass is 32.2. The summed E-state index contributed by atoms with van der Waals surface area (Å²) >= 11 is 1.56. The lowest BCUT2D eigenvalue weighted by atomic mass is 10.1. The van der Waals surface area contributed by atoms with Crippen LogP contribution < -0.4 is 10.0 Å². The van der Waals surface area contributed by atoms with Gasteiger partial charge < -0.3 is 15.0 Å². The lowest BCUT2D eigenvalue weighted by molar-refractivity contribution is 0.101. The van der Waals surface area contributed by atoms with Crippen molar-refractivity contribution in [3.05, 3.63) is 64.6 Å². The van der Waals surface area contributed by atoms with Crippen molar-refractivity contribution in [3.63, 3.8) is 0 Å². The van der Waals surface area contributed by atoms with Gasteiger partial charge in [-0.05, 0) is 47.0 Å². The molecule has 0 aliphatic rings. The highest BCUT2D eigenvalue weighted by molar-refractivity contribution is 7.86. The zero-order valence-electron chi connectivity index (χ0n) is 16.4. The maximum absolute atomic E-state index is 14.8. The van der Waals surface area contributed by atoms with Crippen molar-refractivity contribution >= 4 is 50.6 Å². The second-order valence-corrected chi connectivity index (χ2v) is 8.81. The maximum atomic E-state index is 14.8. The number of carbonyl (C=O) groups is 1. The summed E-state index contributed by atoms with van der Waals surface area (Å²) in [6.45, 7) is 1.83. The SMILES string of the molecule is CCCS(=O)Nc1ccc(F)c(C(=O)Nc2cnc3[nH]cc(-c4ccsc4)c3c2)c1F. The molecule has 0 bridgehead atoms. The molecule has 10 heteroatoms. The van der Waals surface area contributed by atoms with Gasteiger partial charge in [0.15, 0.2) is 5.82 Å². The summed E-state index contributed by atoms with van der Waals surface area (Å²) in [5.74, 6) is -2.78. The second kappa shape index (κ2) is 8.94. The maximum Gasteiger partial charge on any atom is 0.261 e. The van der Waals surface area contributed by atoms with E-state index in [1.54, 1.807) is 17.4 Å². The van der Waals surface area contributed by atoms with E-state index in [0.717, 1.165) is 28.6 Å². The van der Waals surface area contributed by atoms with E-state index in [4.69, 9.17) is 0 Å². The Hall–Kier alpha value is -3.11. The van der Waals surface area contributed by atoms with Crippen LogP contribution in [0.3, 0.4) is 0 Å². The van der Waals surface area contributed by atoms with Crippen LogP contribution in [0.5, 0.6) is 0 Å². The van der Waals surface area contributed by atoms with Gasteiger partial charge in [-0.15, -0.1) is 0 Å². The number of rotatable bonds is 7. The predicted molar refractivity (Wildman–Crippen MR) is 121 cm³/mol. The van der Waals surface area contributed by atoms with E-state index in [1.165, 1.54) is 6.20 Å². The molecule has 160 valence electrons. The van der Waals surface area contributed by atoms with E-state index < -0.39 is 34.1 Å². The number of carbonyl (C=O) groups excluding carboxylic acids is 1. The minimum atomic E-state index is -1.53. The summed E-state index contributed by atoms with van der Waals surface area (Å²) < 4.78 is 43.5. The molecular weight excluding hydrogens is 442 g/mol. The molecule has 4 rings (SSSR count). The van der Waals surface area contributed by atoms with Gasteiger partial charge in [0.2, 0.25) is 0 Å². The Balaban J connectivity index is 1.63. The van der Waals surface area contributed by atoms with Crippen molar-refractivity contribution in [2.24, 2.45) is 0 Å². The lowest BCUT2D eigenvalue weighted by Crippen LogP contribution is -2.18. The third-order valence-corrected chi connectivity index (χ3v) is 6.46. The van der Waals surface area contributed by atoms with Crippen LogP contribution in [0.2, 0.25) is 0 Å². The van der Waals surface area contributed by atoms with Crippen LogP contribution >= 0.6 is 11.3 Å². The zero-order valence-corrected chi connectivity index (χ0v) is 18.0. The van der Waals surface area contributed by atoms with Gasteiger partial charge in [0.05, 0.1) is 17.6 Å². The van der Waals surface area contributed by atoms with Crippen LogP contribution in [0.1, 0.15) is 23.7 Å². The van der Waals surface area contributed by atoms with Crippen LogP contribution in [-0.4, -0.2) is 25.8 Å². The molecule has 1 aromatic carbocycles. The summed E-state index contributed by atoms with van der Waals surface area (Å²) in [5, 5.41) is 7.21. The third kappa shape index (κ3) is 4.35. The molecular formula is C21H18F2N4O2S2. The zero-order chi connectivity index (χ0) is 22.0. The smallest absolute Gasteiger partial charge is 0.261 e. The van der Waals surface area contributed by atoms with E-state index in [-0.39, 0.29) is 5.69 Å². The molecule has 0 saturated carbocycles. The molecule has 1 amide bonds. The highest BCUT2D eigenvalue weighted by Gasteiger charge is 2.22. The summed E-state index contributed by atoms with van der Waals surface area (Å²) in [5.41, 5.74) is 1.86. The van der Waals surface area contributed by atoms with Crippen molar-refractivity contribution in [3.8, 4) is 11.1 Å². The van der Waals surface area contributed by atoms with Gasteiger partial charge in [0.25, 0.3) is 5.91 Å². The Kier molecular flexibility index (Phi) is 6.10. The van der Waals surface area contributed by atoms with Gasteiger partial charge in [0.1, 0.15) is 28.0 Å². The van der Waals surface area contributed by atoms with Crippen molar-refractivity contribution in [2.45, 2.75) is 13.3 Å². The molecule has 0 radical (unpaired) electrons. The molecule has 0 saturated heterocycles. The Morgan fingerprint density at radius 1 is 1.29 bits per heavy atom. The Morgan fingerprint density at radius 2 is 2.13 bits per heavy atom. The van der Waals surface area contributed by atoms with Gasteiger partial charge in [-0.25, -0.2) is 18.0 Å². The molecule has 6 nitrogen and oxygen atoms in total. The van der Waals surface area contributed by atoms with Crippen LogP contribution in [-0.2, 0) is 11.0 Å². The Labute approximate surface area is 183 Å². The number of H-pyrrole nitrogens is 1. The Morgan fingerprint density at radius 3 is 2.87 bits per heavy atom. The standard InChI is InChI=1S/C21H18F2N4O2S2/c1-2-7-31(29)27-17-4-3-16(22)18(19(17)23)21(28)26-13-8-14-15(12-5-6-30-11-12)10-25-20(14)24-9-13/h3-6,8-11,27H,2,7H2,1H3,(H,24,25)(H,26,28). The number of hydrogen-bond acceptors (Lipinski definition) is 4. The van der Waals surface area contributed by atoms with Crippen LogP contribution in [0.15, 0.2) is 47.4 Å². The number of aromatic amines is 1. The average Bonchev–Trinajstić information content (AvgIpc) is 3.39. The van der Waals surface area contributed by atoms with Crippen LogP contribution in [0, 0.1) is 11.6 Å². The summed E-state index contributed by atoms with van der Waals surface area (Å²) in [6.07, 6.45) is 3.84. The molecule has 0 aliphatic carbocycles. The first kappa shape index (κ1) is 21.1. The molecule has 31 heavy (non-hydrogen) atoms. The number of anilines is 2. The molecule has 3 heterocycles. The number of hydrogen-bond donors (Lipinski definition) is 3. The van der Waals surface area contributed by atoms with E-state index in [0.29, 0.717) is 23.5 Å². The topological polar surface area (TPSA) is 86.9 Å². The number of thiophene rings is 1. The molecule has 4 aromatic rings. The number of halogens is 2. The molecule has 0 fully saturated rings. The summed E-state index contributed by atoms with van der Waals surface area (Å²) in [6, 6.07) is 5.74. The van der Waals surface area contributed by atoms with Crippen molar-refractivity contribution < 1.29 is 17.8 Å². The summed E-state index contributed by atoms with van der Waals surface area (Å²) in [4.78, 5) is 20.0. The number of amides is 1. The van der Waals surface area contributed by atoms with Crippen molar-refractivity contribution in [2.75, 3.05) is 15.8 Å². The molecule has 1 atom stereocenters. The third-order valence-electron chi connectivity index (χ3n) is 4.55. The largest absolute Gasteiger partial charge is 0.346 e. The number of pyridine rings is 1. The number of fused-ring (bicyclic) bond motifs is 1. The fourth-order valence-electron chi connectivity index (χ4n) is 3.12. The quantitative estimate of drug-likeness (QED) is 0.349. The van der Waals surface area contributed by atoms with E-state index in [2.05, 4.69) is 20.0 Å². The normalized spacial score (nSPS) is 12.1. The minimum Gasteiger partial charge on any atom is -0.346 e. The highest BCUT2D eigenvalue weighted by Crippen LogP contribution is 2.31. The molecule has 3 aromatic heterocycles. The van der Waals surface area contributed by atoms with Gasteiger partial charge in [-0.2, -0.15) is 11.3 Å². The van der Waals surface area contributed by atoms with Gasteiger partial charge >= 0.3 is 0 Å². The average molecular weight is 461 g/mol. The van der Waals surface area contributed by atoms with Gasteiger partial charge in [-0.1, -0.05) is 6.92 Å². The fourth-order valence-corrected chi connectivity index (χ4v) is 4.65. The first-order valence-electron chi connectivity index (χ1n) is 9.42. The first-order chi connectivity index (χ1) is 15.0. The van der Waals surface area contributed by atoms with E-state index in [9.17, 15) is 17.8 Å². The second-order valence-electron chi connectivity index (χ2n) is 6.72. The minimum absolute atomic E-state index is 0.197. The number of benzene rings is 1. The summed E-state index contributed by atoms with van der Waals surface area (Å²) in [7, 11) is -1.53.